The second kappa shape index (κ2) is 5.96. The molecule has 0 radical (unpaired) electrons. The zero-order valence-corrected chi connectivity index (χ0v) is 12.7. The van der Waals surface area contributed by atoms with E-state index in [-0.39, 0.29) is 6.04 Å². The Labute approximate surface area is 122 Å². The third-order valence-corrected chi connectivity index (χ3v) is 4.26. The van der Waals surface area contributed by atoms with E-state index < -0.39 is 0 Å². The Morgan fingerprint density at radius 3 is 2.68 bits per heavy atom. The number of nitrogens with zero attached hydrogens (tertiary/aromatic N) is 2. The van der Waals surface area contributed by atoms with Crippen LogP contribution in [0.5, 0.6) is 0 Å². The summed E-state index contributed by atoms with van der Waals surface area (Å²) < 4.78 is 4.04. The van der Waals surface area contributed by atoms with Gasteiger partial charge in [0, 0.05) is 5.02 Å². The van der Waals surface area contributed by atoms with Crippen LogP contribution in [0.15, 0.2) is 18.2 Å². The Morgan fingerprint density at radius 1 is 1.37 bits per heavy atom. The number of aromatic nitrogens is 2. The van der Waals surface area contributed by atoms with E-state index in [0.717, 1.165) is 26.7 Å². The van der Waals surface area contributed by atoms with E-state index in [0.29, 0.717) is 5.92 Å². The largest absolute Gasteiger partial charge is 0.271 e. The van der Waals surface area contributed by atoms with Gasteiger partial charge in [-0.25, -0.2) is 5.43 Å². The molecule has 0 saturated carbocycles. The van der Waals surface area contributed by atoms with Gasteiger partial charge in [-0.3, -0.25) is 5.84 Å². The van der Waals surface area contributed by atoms with Crippen LogP contribution in [0.3, 0.4) is 0 Å². The van der Waals surface area contributed by atoms with Crippen molar-refractivity contribution < 1.29 is 0 Å². The van der Waals surface area contributed by atoms with Crippen molar-refractivity contribution in [3.8, 4) is 0 Å². The number of nitrogens with two attached hydrogens (primary N) is 1. The molecule has 2 aromatic rings. The average Bonchev–Trinajstić information content (AvgIpc) is 2.84. The van der Waals surface area contributed by atoms with Gasteiger partial charge in [0.2, 0.25) is 0 Å². The lowest BCUT2D eigenvalue weighted by molar-refractivity contribution is 0.631. The molecule has 0 aliphatic rings. The first-order valence-corrected chi connectivity index (χ1v) is 7.24. The molecule has 0 aliphatic carbocycles. The molecule has 102 valence electrons. The third kappa shape index (κ3) is 2.95. The van der Waals surface area contributed by atoms with Crippen LogP contribution in [0.4, 0.5) is 0 Å². The summed E-state index contributed by atoms with van der Waals surface area (Å²) in [6, 6.07) is 5.82. The van der Waals surface area contributed by atoms with Gasteiger partial charge in [0.15, 0.2) is 0 Å². The summed E-state index contributed by atoms with van der Waals surface area (Å²) in [5.41, 5.74) is 5.88. The molecule has 19 heavy (non-hydrogen) atoms. The molecule has 1 heterocycles. The van der Waals surface area contributed by atoms with Gasteiger partial charge in [0.05, 0.1) is 16.6 Å². The Hall–Kier alpha value is -1.01. The number of benzene rings is 1. The molecule has 0 aliphatic heterocycles. The zero-order valence-electron chi connectivity index (χ0n) is 11.1. The van der Waals surface area contributed by atoms with Crippen molar-refractivity contribution in [2.45, 2.75) is 32.7 Å². The maximum absolute atomic E-state index is 6.18. The van der Waals surface area contributed by atoms with E-state index in [9.17, 15) is 0 Å². The summed E-state index contributed by atoms with van der Waals surface area (Å²) in [6.45, 7) is 6.16. The smallest absolute Gasteiger partial charge is 0.0838 e. The lowest BCUT2D eigenvalue weighted by atomic mass is 10.00. The van der Waals surface area contributed by atoms with E-state index in [4.69, 9.17) is 17.4 Å². The number of hydrogen-bond acceptors (Lipinski definition) is 5. The van der Waals surface area contributed by atoms with Crippen LogP contribution in [0.25, 0.3) is 0 Å². The van der Waals surface area contributed by atoms with Gasteiger partial charge in [0.1, 0.15) is 0 Å². The topological polar surface area (TPSA) is 63.8 Å². The van der Waals surface area contributed by atoms with Crippen molar-refractivity contribution in [1.82, 2.24) is 15.0 Å². The predicted molar refractivity (Wildman–Crippen MR) is 79.4 cm³/mol. The first-order valence-electron chi connectivity index (χ1n) is 6.09. The van der Waals surface area contributed by atoms with Crippen LogP contribution >= 0.6 is 23.1 Å². The van der Waals surface area contributed by atoms with E-state index in [1.165, 1.54) is 11.5 Å². The molecule has 6 heteroatoms. The molecule has 4 nitrogen and oxygen atoms in total. The predicted octanol–water partition coefficient (Wildman–Crippen LogP) is 3.18. The van der Waals surface area contributed by atoms with Crippen LogP contribution in [-0.4, -0.2) is 9.59 Å². The second-order valence-electron chi connectivity index (χ2n) is 4.79. The van der Waals surface area contributed by atoms with Gasteiger partial charge in [-0.15, -0.1) is 5.10 Å². The van der Waals surface area contributed by atoms with Crippen molar-refractivity contribution in [2.75, 3.05) is 0 Å². The number of hydrazine groups is 1. The van der Waals surface area contributed by atoms with E-state index in [2.05, 4.69) is 28.9 Å². The quantitative estimate of drug-likeness (QED) is 0.672. The Kier molecular flexibility index (Phi) is 4.52. The Morgan fingerprint density at radius 2 is 2.11 bits per heavy atom. The van der Waals surface area contributed by atoms with E-state index in [1.54, 1.807) is 0 Å². The molecular weight excluding hydrogens is 280 g/mol. The molecule has 1 aromatic heterocycles. The summed E-state index contributed by atoms with van der Waals surface area (Å²) in [6.07, 6.45) is 0. The number of rotatable bonds is 4. The van der Waals surface area contributed by atoms with E-state index >= 15 is 0 Å². The van der Waals surface area contributed by atoms with Crippen molar-refractivity contribution in [1.29, 1.82) is 0 Å². The standard InChI is InChI=1S/C13H17ClN4S/c1-7(2)11-13(19-18-17-11)12(16-15)9-5-4-8(3)10(14)6-9/h4-7,12,16H,15H2,1-3H3. The van der Waals surface area contributed by atoms with Crippen molar-refractivity contribution in [3.05, 3.63) is 44.9 Å². The average molecular weight is 297 g/mol. The normalized spacial score (nSPS) is 12.9. The van der Waals surface area contributed by atoms with Crippen molar-refractivity contribution >= 4 is 23.1 Å². The number of halogens is 1. The fourth-order valence-corrected chi connectivity index (χ4v) is 3.00. The van der Waals surface area contributed by atoms with Crippen LogP contribution in [0, 0.1) is 6.92 Å². The van der Waals surface area contributed by atoms with Crippen LogP contribution < -0.4 is 11.3 Å². The van der Waals surface area contributed by atoms with Gasteiger partial charge >= 0.3 is 0 Å². The number of nitrogens with one attached hydrogen (secondary N) is 1. The maximum atomic E-state index is 6.18. The molecule has 2 rings (SSSR count). The molecule has 0 saturated heterocycles. The van der Waals surface area contributed by atoms with Crippen molar-refractivity contribution in [3.63, 3.8) is 0 Å². The summed E-state index contributed by atoms with van der Waals surface area (Å²) >= 11 is 7.55. The molecule has 1 aromatic carbocycles. The van der Waals surface area contributed by atoms with Crippen LogP contribution in [-0.2, 0) is 0 Å². The minimum Gasteiger partial charge on any atom is -0.271 e. The molecule has 0 fully saturated rings. The van der Waals surface area contributed by atoms with Crippen molar-refractivity contribution in [2.24, 2.45) is 5.84 Å². The van der Waals surface area contributed by atoms with Crippen LogP contribution in [0.1, 0.15) is 47.5 Å². The van der Waals surface area contributed by atoms with Gasteiger partial charge < -0.3 is 0 Å². The van der Waals surface area contributed by atoms with Crippen LogP contribution in [0.2, 0.25) is 5.02 Å². The summed E-state index contributed by atoms with van der Waals surface area (Å²) in [5, 5.41) is 4.93. The highest BCUT2D eigenvalue weighted by atomic mass is 35.5. The monoisotopic (exact) mass is 296 g/mol. The molecule has 0 bridgehead atoms. The Bertz CT molecular complexity index is 568. The minimum atomic E-state index is -0.129. The molecule has 0 amide bonds. The third-order valence-electron chi connectivity index (χ3n) is 3.05. The summed E-state index contributed by atoms with van der Waals surface area (Å²) in [7, 11) is 0. The van der Waals surface area contributed by atoms with Gasteiger partial charge in [-0.1, -0.05) is 42.1 Å². The molecule has 1 atom stereocenters. The number of aryl methyl sites for hydroxylation is 1. The van der Waals surface area contributed by atoms with Gasteiger partial charge in [-0.05, 0) is 41.6 Å². The summed E-state index contributed by atoms with van der Waals surface area (Å²) in [4.78, 5) is 1.04. The Balaban J connectivity index is 2.44. The fourth-order valence-electron chi connectivity index (χ4n) is 1.92. The fraction of sp³-hybridized carbons (Fsp3) is 0.385. The SMILES string of the molecule is Cc1ccc(C(NN)c2snnc2C(C)C)cc1Cl. The van der Waals surface area contributed by atoms with Gasteiger partial charge in [0.25, 0.3) is 0 Å². The molecule has 0 spiro atoms. The zero-order chi connectivity index (χ0) is 14.0. The highest BCUT2D eigenvalue weighted by Crippen LogP contribution is 2.31. The minimum absolute atomic E-state index is 0.129. The van der Waals surface area contributed by atoms with E-state index in [1.807, 2.05) is 25.1 Å². The highest BCUT2D eigenvalue weighted by molar-refractivity contribution is 7.05. The maximum Gasteiger partial charge on any atom is 0.0838 e. The second-order valence-corrected chi connectivity index (χ2v) is 5.98. The number of hydrogen-bond donors (Lipinski definition) is 2. The lowest BCUT2D eigenvalue weighted by Gasteiger charge is -2.17. The first-order chi connectivity index (χ1) is 9.04. The molecule has 3 N–H and O–H groups in total. The first kappa shape index (κ1) is 14.4. The molecular formula is C13H17ClN4S. The summed E-state index contributed by atoms with van der Waals surface area (Å²) in [5.74, 6) is 6.02. The lowest BCUT2D eigenvalue weighted by Crippen LogP contribution is -2.29. The highest BCUT2D eigenvalue weighted by Gasteiger charge is 2.22. The van der Waals surface area contributed by atoms with Gasteiger partial charge in [-0.2, -0.15) is 0 Å². The molecule has 1 unspecified atom stereocenters.